The van der Waals surface area contributed by atoms with Crippen molar-refractivity contribution in [3.05, 3.63) is 58.2 Å². The first-order valence-electron chi connectivity index (χ1n) is 10.2. The maximum Gasteiger partial charge on any atom is 0.327 e. The minimum atomic E-state index is -4.34. The fraction of sp³-hybridized carbons (Fsp3) is 0.261. The van der Waals surface area contributed by atoms with E-state index in [9.17, 15) is 22.8 Å². The number of aryl methyl sites for hydroxylation is 1. The molecular formula is C23H23Cl2N3O6S. The van der Waals surface area contributed by atoms with Gasteiger partial charge in [0.2, 0.25) is 0 Å². The van der Waals surface area contributed by atoms with Crippen molar-refractivity contribution in [1.29, 1.82) is 0 Å². The van der Waals surface area contributed by atoms with Crippen LogP contribution >= 0.6 is 23.2 Å². The number of hydrogen-bond donors (Lipinski definition) is 1. The van der Waals surface area contributed by atoms with Gasteiger partial charge in [0.25, 0.3) is 21.7 Å². The Bertz CT molecular complexity index is 1440. The molecule has 0 bridgehead atoms. The number of anilines is 1. The van der Waals surface area contributed by atoms with Crippen LogP contribution in [0.25, 0.3) is 10.9 Å². The maximum absolute atomic E-state index is 13.6. The predicted octanol–water partition coefficient (Wildman–Crippen LogP) is 3.69. The van der Waals surface area contributed by atoms with Crippen molar-refractivity contribution >= 4 is 67.5 Å². The van der Waals surface area contributed by atoms with Crippen molar-refractivity contribution in [2.24, 2.45) is 12.8 Å². The lowest BCUT2D eigenvalue weighted by atomic mass is 10.1. The molecule has 3 rings (SSSR count). The lowest BCUT2D eigenvalue weighted by Gasteiger charge is -2.26. The van der Waals surface area contributed by atoms with Crippen molar-refractivity contribution in [3.63, 3.8) is 0 Å². The van der Waals surface area contributed by atoms with Gasteiger partial charge in [-0.3, -0.25) is 18.7 Å². The average molecular weight is 540 g/mol. The normalized spacial score (nSPS) is 11.9. The number of aromatic nitrogens is 1. The fourth-order valence-electron chi connectivity index (χ4n) is 3.45. The van der Waals surface area contributed by atoms with E-state index in [0.717, 1.165) is 4.31 Å². The van der Waals surface area contributed by atoms with E-state index < -0.39 is 39.8 Å². The van der Waals surface area contributed by atoms with Crippen molar-refractivity contribution in [2.75, 3.05) is 10.8 Å². The highest BCUT2D eigenvalue weighted by Gasteiger charge is 2.31. The molecule has 2 N–H and O–H groups in total. The summed E-state index contributed by atoms with van der Waals surface area (Å²) in [6, 6.07) is 8.18. The molecule has 0 aliphatic carbocycles. The van der Waals surface area contributed by atoms with E-state index in [2.05, 4.69) is 0 Å². The Morgan fingerprint density at radius 2 is 1.66 bits per heavy atom. The highest BCUT2D eigenvalue weighted by molar-refractivity contribution is 7.92. The second kappa shape index (κ2) is 9.52. The van der Waals surface area contributed by atoms with Crippen LogP contribution in [0.1, 0.15) is 31.1 Å². The Balaban J connectivity index is 2.18. The number of benzene rings is 2. The third-order valence-electron chi connectivity index (χ3n) is 4.85. The number of hydrogen-bond acceptors (Lipinski definition) is 6. The summed E-state index contributed by atoms with van der Waals surface area (Å²) in [5, 5.41) is 0.585. The summed E-state index contributed by atoms with van der Waals surface area (Å²) in [6.07, 6.45) is 1.42. The van der Waals surface area contributed by atoms with Gasteiger partial charge in [-0.05, 0) is 57.2 Å². The summed E-state index contributed by atoms with van der Waals surface area (Å²) < 4.78 is 35.0. The molecule has 3 aromatic rings. The number of nitrogens with two attached hydrogens (primary N) is 1. The zero-order valence-corrected chi connectivity index (χ0v) is 21.7. The number of sulfonamides is 1. The Morgan fingerprint density at radius 3 is 2.20 bits per heavy atom. The zero-order chi connectivity index (χ0) is 26.3. The van der Waals surface area contributed by atoms with Gasteiger partial charge in [0.1, 0.15) is 12.1 Å². The minimum absolute atomic E-state index is 0.0738. The molecule has 0 spiro atoms. The predicted molar refractivity (Wildman–Crippen MR) is 133 cm³/mol. The number of rotatable bonds is 7. The van der Waals surface area contributed by atoms with Crippen molar-refractivity contribution in [2.45, 2.75) is 31.3 Å². The third kappa shape index (κ3) is 5.77. The van der Waals surface area contributed by atoms with Crippen molar-refractivity contribution in [1.82, 2.24) is 4.57 Å². The Kier molecular flexibility index (Phi) is 7.21. The summed E-state index contributed by atoms with van der Waals surface area (Å²) in [4.78, 5) is 36.1. The highest BCUT2D eigenvalue weighted by atomic mass is 35.5. The highest BCUT2D eigenvalue weighted by Crippen LogP contribution is 2.32. The molecule has 0 saturated heterocycles. The van der Waals surface area contributed by atoms with E-state index >= 15 is 0 Å². The number of carbonyl (C=O) groups is 3. The van der Waals surface area contributed by atoms with Gasteiger partial charge < -0.3 is 15.0 Å². The molecule has 1 heterocycles. The van der Waals surface area contributed by atoms with E-state index in [-0.39, 0.29) is 26.2 Å². The second-order valence-electron chi connectivity index (χ2n) is 8.75. The SMILES string of the molecule is Cn1cc(C(=O)C(N)=O)c2ccc(N(CC(=O)OC(C)(C)C)S(=O)(=O)c3cc(Cl)cc(Cl)c3)cc21. The van der Waals surface area contributed by atoms with E-state index in [1.165, 1.54) is 42.6 Å². The molecule has 0 aliphatic heterocycles. The molecule has 0 fully saturated rings. The van der Waals surface area contributed by atoms with E-state index in [0.29, 0.717) is 10.9 Å². The number of amides is 1. The molecule has 2 aromatic carbocycles. The van der Waals surface area contributed by atoms with Crippen LogP contribution in [0.5, 0.6) is 0 Å². The Morgan fingerprint density at radius 1 is 1.06 bits per heavy atom. The molecule has 1 aromatic heterocycles. The lowest BCUT2D eigenvalue weighted by Crippen LogP contribution is -2.39. The number of esters is 1. The Hall–Kier alpha value is -3.08. The lowest BCUT2D eigenvalue weighted by molar-refractivity contribution is -0.152. The number of nitrogens with zero attached hydrogens (tertiary/aromatic N) is 2. The maximum atomic E-state index is 13.6. The molecule has 9 nitrogen and oxygen atoms in total. The molecule has 0 aliphatic rings. The van der Waals surface area contributed by atoms with Gasteiger partial charge in [-0.15, -0.1) is 0 Å². The molecule has 0 radical (unpaired) electrons. The zero-order valence-electron chi connectivity index (χ0n) is 19.3. The first-order valence-corrected chi connectivity index (χ1v) is 12.4. The van der Waals surface area contributed by atoms with Crippen LogP contribution in [-0.4, -0.2) is 42.8 Å². The van der Waals surface area contributed by atoms with Crippen LogP contribution in [0.3, 0.4) is 0 Å². The largest absolute Gasteiger partial charge is 0.459 e. The topological polar surface area (TPSA) is 129 Å². The molecule has 186 valence electrons. The molecular weight excluding hydrogens is 517 g/mol. The van der Waals surface area contributed by atoms with Crippen LogP contribution in [0.2, 0.25) is 10.0 Å². The molecule has 0 atom stereocenters. The molecule has 1 amide bonds. The molecule has 0 saturated carbocycles. The van der Waals surface area contributed by atoms with Gasteiger partial charge in [-0.25, -0.2) is 8.42 Å². The fourth-order valence-corrected chi connectivity index (χ4v) is 5.58. The van der Waals surface area contributed by atoms with Crippen LogP contribution < -0.4 is 10.0 Å². The third-order valence-corrected chi connectivity index (χ3v) is 7.04. The summed E-state index contributed by atoms with van der Waals surface area (Å²) in [7, 11) is -2.72. The van der Waals surface area contributed by atoms with E-state index in [1.807, 2.05) is 0 Å². The summed E-state index contributed by atoms with van der Waals surface area (Å²) in [6.45, 7) is 4.34. The number of ketones is 1. The first-order chi connectivity index (χ1) is 16.1. The van der Waals surface area contributed by atoms with Gasteiger partial charge in [0.05, 0.1) is 21.7 Å². The van der Waals surface area contributed by atoms with Gasteiger partial charge in [0, 0.05) is 28.7 Å². The quantitative estimate of drug-likeness (QED) is 0.277. The average Bonchev–Trinajstić information content (AvgIpc) is 3.05. The molecule has 0 unspecified atom stereocenters. The van der Waals surface area contributed by atoms with Crippen LogP contribution in [0.15, 0.2) is 47.5 Å². The van der Waals surface area contributed by atoms with Gasteiger partial charge in [-0.1, -0.05) is 23.2 Å². The van der Waals surface area contributed by atoms with Crippen LogP contribution in [0, 0.1) is 0 Å². The first kappa shape index (κ1) is 26.5. The van der Waals surface area contributed by atoms with Gasteiger partial charge in [-0.2, -0.15) is 0 Å². The second-order valence-corrected chi connectivity index (χ2v) is 11.5. The molecule has 35 heavy (non-hydrogen) atoms. The van der Waals surface area contributed by atoms with Gasteiger partial charge >= 0.3 is 5.97 Å². The monoisotopic (exact) mass is 539 g/mol. The smallest absolute Gasteiger partial charge is 0.327 e. The van der Waals surface area contributed by atoms with E-state index in [4.69, 9.17) is 33.7 Å². The summed E-state index contributed by atoms with van der Waals surface area (Å²) in [5.41, 5.74) is 4.90. The van der Waals surface area contributed by atoms with Gasteiger partial charge in [0.15, 0.2) is 0 Å². The number of halogens is 2. The molecule has 12 heteroatoms. The number of fused-ring (bicyclic) bond motifs is 1. The summed E-state index contributed by atoms with van der Waals surface area (Å²) >= 11 is 12.0. The van der Waals surface area contributed by atoms with Crippen LogP contribution in [0.4, 0.5) is 5.69 Å². The van der Waals surface area contributed by atoms with Crippen molar-refractivity contribution in [3.8, 4) is 0 Å². The summed E-state index contributed by atoms with van der Waals surface area (Å²) in [5.74, 6) is -2.78. The number of carbonyl (C=O) groups excluding carboxylic acids is 3. The minimum Gasteiger partial charge on any atom is -0.459 e. The number of ether oxygens (including phenoxy) is 1. The van der Waals surface area contributed by atoms with Crippen molar-refractivity contribution < 1.29 is 27.5 Å². The Labute approximate surface area is 212 Å². The number of Topliss-reactive ketones (excluding diaryl/α,β-unsaturated/α-hetero) is 1. The number of primary amides is 1. The van der Waals surface area contributed by atoms with E-state index in [1.54, 1.807) is 32.4 Å². The standard InChI is InChI=1S/C23H23Cl2N3O6S/c1-23(2,3)34-20(29)12-28(35(32,33)16-8-13(24)7-14(25)9-16)15-5-6-17-18(21(30)22(26)31)11-27(4)19(17)10-15/h5-11H,12H2,1-4H3,(H2,26,31). The van der Waals surface area contributed by atoms with Crippen LogP contribution in [-0.2, 0) is 31.4 Å².